The second kappa shape index (κ2) is 5.71. The van der Waals surface area contributed by atoms with Crippen molar-refractivity contribution in [1.29, 1.82) is 0 Å². The molecule has 0 saturated carbocycles. The zero-order valence-corrected chi connectivity index (χ0v) is 12.5. The molecule has 1 fully saturated rings. The van der Waals surface area contributed by atoms with Gasteiger partial charge in [0.05, 0.1) is 5.39 Å². The summed E-state index contributed by atoms with van der Waals surface area (Å²) in [4.78, 5) is 27.7. The van der Waals surface area contributed by atoms with Gasteiger partial charge in [0.1, 0.15) is 17.8 Å². The topological polar surface area (TPSA) is 65.1 Å². The van der Waals surface area contributed by atoms with Crippen LogP contribution >= 0.6 is 0 Å². The van der Waals surface area contributed by atoms with E-state index in [1.165, 1.54) is 0 Å². The Morgan fingerprint density at radius 2 is 2.19 bits per heavy atom. The highest BCUT2D eigenvalue weighted by Crippen LogP contribution is 2.26. The van der Waals surface area contributed by atoms with Crippen LogP contribution in [0.4, 0.5) is 5.82 Å². The predicted molar refractivity (Wildman–Crippen MR) is 82.2 cm³/mol. The van der Waals surface area contributed by atoms with Crippen LogP contribution < -0.4 is 4.90 Å². The molecule has 112 valence electrons. The van der Waals surface area contributed by atoms with Crippen molar-refractivity contribution in [2.24, 2.45) is 0 Å². The molecule has 3 heterocycles. The number of nitrogens with one attached hydrogen (secondary N) is 1. The Balaban J connectivity index is 1.73. The SMILES string of the molecule is CCC(=O)N1CCC(N(C)c2ncnc3[nH]ccc23)CC1. The van der Waals surface area contributed by atoms with Crippen LogP contribution in [0.2, 0.25) is 0 Å². The number of anilines is 1. The van der Waals surface area contributed by atoms with E-state index in [9.17, 15) is 4.79 Å². The van der Waals surface area contributed by atoms with Crippen molar-refractivity contribution in [2.45, 2.75) is 32.2 Å². The van der Waals surface area contributed by atoms with E-state index in [1.54, 1.807) is 6.33 Å². The van der Waals surface area contributed by atoms with Gasteiger partial charge in [-0.1, -0.05) is 6.92 Å². The number of piperidine rings is 1. The van der Waals surface area contributed by atoms with Crippen LogP contribution in [0.25, 0.3) is 11.0 Å². The highest BCUT2D eigenvalue weighted by Gasteiger charge is 2.26. The van der Waals surface area contributed by atoms with Crippen molar-refractivity contribution in [3.63, 3.8) is 0 Å². The quantitative estimate of drug-likeness (QED) is 0.935. The number of hydrogen-bond acceptors (Lipinski definition) is 4. The fourth-order valence-corrected chi connectivity index (χ4v) is 3.04. The largest absolute Gasteiger partial charge is 0.356 e. The molecule has 0 radical (unpaired) electrons. The summed E-state index contributed by atoms with van der Waals surface area (Å²) in [5.74, 6) is 1.22. The summed E-state index contributed by atoms with van der Waals surface area (Å²) in [5.41, 5.74) is 0.866. The molecule has 0 unspecified atom stereocenters. The molecule has 6 nitrogen and oxygen atoms in total. The fraction of sp³-hybridized carbons (Fsp3) is 0.533. The Kier molecular flexibility index (Phi) is 3.77. The molecule has 3 rings (SSSR count). The third-order valence-corrected chi connectivity index (χ3v) is 4.33. The van der Waals surface area contributed by atoms with Crippen molar-refractivity contribution in [3.05, 3.63) is 18.6 Å². The van der Waals surface area contributed by atoms with E-state index < -0.39 is 0 Å². The van der Waals surface area contributed by atoms with Gasteiger partial charge in [0.2, 0.25) is 5.91 Å². The molecule has 0 spiro atoms. The zero-order chi connectivity index (χ0) is 14.8. The smallest absolute Gasteiger partial charge is 0.222 e. The maximum atomic E-state index is 11.7. The van der Waals surface area contributed by atoms with Gasteiger partial charge in [0.25, 0.3) is 0 Å². The molecule has 0 aliphatic carbocycles. The number of H-pyrrole nitrogens is 1. The van der Waals surface area contributed by atoms with Crippen molar-refractivity contribution in [3.8, 4) is 0 Å². The van der Waals surface area contributed by atoms with Gasteiger partial charge in [-0.15, -0.1) is 0 Å². The van der Waals surface area contributed by atoms with Crippen molar-refractivity contribution in [1.82, 2.24) is 19.9 Å². The summed E-state index contributed by atoms with van der Waals surface area (Å²) < 4.78 is 0. The average molecular weight is 287 g/mol. The van der Waals surface area contributed by atoms with E-state index >= 15 is 0 Å². The average Bonchev–Trinajstić information content (AvgIpc) is 3.02. The summed E-state index contributed by atoms with van der Waals surface area (Å²) >= 11 is 0. The van der Waals surface area contributed by atoms with Crippen molar-refractivity contribution >= 4 is 22.8 Å². The highest BCUT2D eigenvalue weighted by molar-refractivity contribution is 5.87. The maximum Gasteiger partial charge on any atom is 0.222 e. The van der Waals surface area contributed by atoms with Gasteiger partial charge in [-0.2, -0.15) is 0 Å². The lowest BCUT2D eigenvalue weighted by atomic mass is 10.0. The van der Waals surface area contributed by atoms with Crippen LogP contribution in [0.5, 0.6) is 0 Å². The minimum absolute atomic E-state index is 0.256. The van der Waals surface area contributed by atoms with E-state index in [0.717, 1.165) is 42.8 Å². The zero-order valence-electron chi connectivity index (χ0n) is 12.5. The molecule has 21 heavy (non-hydrogen) atoms. The molecule has 0 aromatic carbocycles. The first kappa shape index (κ1) is 13.9. The van der Waals surface area contributed by atoms with Gasteiger partial charge in [-0.25, -0.2) is 9.97 Å². The summed E-state index contributed by atoms with van der Waals surface area (Å²) in [6.45, 7) is 3.59. The van der Waals surface area contributed by atoms with Gasteiger partial charge in [0.15, 0.2) is 0 Å². The van der Waals surface area contributed by atoms with E-state index in [0.29, 0.717) is 12.5 Å². The molecule has 2 aromatic heterocycles. The van der Waals surface area contributed by atoms with Gasteiger partial charge >= 0.3 is 0 Å². The Morgan fingerprint density at radius 3 is 2.90 bits per heavy atom. The molecule has 1 amide bonds. The minimum Gasteiger partial charge on any atom is -0.356 e. The standard InChI is InChI=1S/C15H21N5O/c1-3-13(21)20-8-5-11(6-9-20)19(2)15-12-4-7-16-14(12)17-10-18-15/h4,7,10-11H,3,5-6,8-9H2,1-2H3,(H,16,17,18). The maximum absolute atomic E-state index is 11.7. The van der Waals surface area contributed by atoms with Gasteiger partial charge in [-0.05, 0) is 18.9 Å². The van der Waals surface area contributed by atoms with Crippen LogP contribution in [0, 0.1) is 0 Å². The van der Waals surface area contributed by atoms with Gasteiger partial charge in [0, 0.05) is 38.8 Å². The number of carbonyl (C=O) groups excluding carboxylic acids is 1. The molecule has 2 aromatic rings. The second-order valence-electron chi connectivity index (χ2n) is 5.51. The Labute approximate surface area is 124 Å². The monoisotopic (exact) mass is 287 g/mol. The number of aromatic nitrogens is 3. The lowest BCUT2D eigenvalue weighted by molar-refractivity contribution is -0.131. The lowest BCUT2D eigenvalue weighted by Gasteiger charge is -2.37. The third-order valence-electron chi connectivity index (χ3n) is 4.33. The first-order chi connectivity index (χ1) is 10.2. The van der Waals surface area contributed by atoms with E-state index in [4.69, 9.17) is 0 Å². The molecule has 0 atom stereocenters. The Bertz CT molecular complexity index is 630. The van der Waals surface area contributed by atoms with Gasteiger partial charge in [-0.3, -0.25) is 4.79 Å². The summed E-state index contributed by atoms with van der Waals surface area (Å²) in [7, 11) is 2.08. The number of fused-ring (bicyclic) bond motifs is 1. The van der Waals surface area contributed by atoms with Crippen LogP contribution in [-0.2, 0) is 4.79 Å². The molecule has 6 heteroatoms. The molecule has 1 aliphatic heterocycles. The van der Waals surface area contributed by atoms with Crippen LogP contribution in [0.1, 0.15) is 26.2 Å². The predicted octanol–water partition coefficient (Wildman–Crippen LogP) is 1.80. The van der Waals surface area contributed by atoms with Crippen LogP contribution in [0.15, 0.2) is 18.6 Å². The van der Waals surface area contributed by atoms with Crippen molar-refractivity contribution < 1.29 is 4.79 Å². The van der Waals surface area contributed by atoms with E-state index in [-0.39, 0.29) is 5.91 Å². The third kappa shape index (κ3) is 2.57. The molecule has 1 saturated heterocycles. The summed E-state index contributed by atoms with van der Waals surface area (Å²) in [5, 5.41) is 1.05. The minimum atomic E-state index is 0.256. The molecular weight excluding hydrogens is 266 g/mol. The molecule has 1 aliphatic rings. The first-order valence-corrected chi connectivity index (χ1v) is 7.49. The molecule has 0 bridgehead atoms. The molecule has 1 N–H and O–H groups in total. The number of hydrogen-bond donors (Lipinski definition) is 1. The highest BCUT2D eigenvalue weighted by atomic mass is 16.2. The van der Waals surface area contributed by atoms with Crippen LogP contribution in [-0.4, -0.2) is 51.9 Å². The summed E-state index contributed by atoms with van der Waals surface area (Å²) in [6.07, 6.45) is 6.05. The molecular formula is C15H21N5O. The number of nitrogens with zero attached hydrogens (tertiary/aromatic N) is 4. The number of carbonyl (C=O) groups is 1. The van der Waals surface area contributed by atoms with Gasteiger partial charge < -0.3 is 14.8 Å². The van der Waals surface area contributed by atoms with E-state index in [1.807, 2.05) is 24.1 Å². The Hall–Kier alpha value is -2.11. The van der Waals surface area contributed by atoms with Crippen LogP contribution in [0.3, 0.4) is 0 Å². The number of likely N-dealkylation sites (tertiary alicyclic amines) is 1. The van der Waals surface area contributed by atoms with E-state index in [2.05, 4.69) is 26.9 Å². The summed E-state index contributed by atoms with van der Waals surface area (Å²) in [6, 6.07) is 2.43. The Morgan fingerprint density at radius 1 is 1.43 bits per heavy atom. The lowest BCUT2D eigenvalue weighted by Crippen LogP contribution is -2.45. The normalized spacial score (nSPS) is 16.4. The first-order valence-electron chi connectivity index (χ1n) is 7.49. The number of aromatic amines is 1. The number of amides is 1. The van der Waals surface area contributed by atoms with Crippen molar-refractivity contribution in [2.75, 3.05) is 25.0 Å². The fourth-order valence-electron chi connectivity index (χ4n) is 3.04. The number of rotatable bonds is 3. The second-order valence-corrected chi connectivity index (χ2v) is 5.51.